The van der Waals surface area contributed by atoms with Gasteiger partial charge in [-0.2, -0.15) is 0 Å². The number of likely N-dealkylation sites (tertiary alicyclic amines) is 1. The molecule has 0 aromatic heterocycles. The molecule has 2 aromatic rings. The van der Waals surface area contributed by atoms with Crippen LogP contribution in [0.1, 0.15) is 5.56 Å². The van der Waals surface area contributed by atoms with E-state index in [9.17, 15) is 14.0 Å². The number of carboxylic acid groups (broad SMARTS) is 1. The predicted octanol–water partition coefficient (Wildman–Crippen LogP) is 3.74. The number of carbonyl (C=O) groups excluding carboxylic acids is 1. The third-order valence-electron chi connectivity index (χ3n) is 4.47. The molecule has 1 saturated heterocycles. The summed E-state index contributed by atoms with van der Waals surface area (Å²) in [5.74, 6) is -0.453. The number of halogens is 2. The summed E-state index contributed by atoms with van der Waals surface area (Å²) in [6, 6.07) is 11.4. The second-order valence-electron chi connectivity index (χ2n) is 6.25. The molecule has 0 spiro atoms. The minimum atomic E-state index is -1.05. The third-order valence-corrected chi connectivity index (χ3v) is 5.14. The Morgan fingerprint density at radius 2 is 1.93 bits per heavy atom. The van der Waals surface area contributed by atoms with Crippen molar-refractivity contribution < 1.29 is 23.8 Å². The maximum Gasteiger partial charge on any atom is 0.407 e. The molecular weight excluding hydrogens is 419 g/mol. The summed E-state index contributed by atoms with van der Waals surface area (Å²) >= 11 is 3.37. The molecule has 1 N–H and O–H groups in total. The fourth-order valence-corrected chi connectivity index (χ4v) is 3.36. The number of rotatable bonds is 5. The lowest BCUT2D eigenvalue weighted by atomic mass is 9.98. The lowest BCUT2D eigenvalue weighted by Gasteiger charge is -2.39. The standard InChI is InChI=1S/C19H18BrFN2O4/c1-27-15-5-2-12(3-6-15)9-23(17-8-14(21)4-7-16(17)20)18(24)13-10-22(11-13)19(25)26/h2-8,13H,9-11H2,1H3,(H,25,26). The minimum absolute atomic E-state index is 0.139. The molecule has 0 aliphatic carbocycles. The van der Waals surface area contributed by atoms with Crippen LogP contribution in [0.25, 0.3) is 0 Å². The van der Waals surface area contributed by atoms with Gasteiger partial charge in [-0.1, -0.05) is 12.1 Å². The van der Waals surface area contributed by atoms with E-state index in [-0.39, 0.29) is 25.5 Å². The summed E-state index contributed by atoms with van der Waals surface area (Å²) in [5, 5.41) is 8.99. The quantitative estimate of drug-likeness (QED) is 0.774. The Balaban J connectivity index is 1.87. The zero-order valence-corrected chi connectivity index (χ0v) is 16.1. The van der Waals surface area contributed by atoms with Gasteiger partial charge < -0.3 is 19.6 Å². The van der Waals surface area contributed by atoms with E-state index >= 15 is 0 Å². The topological polar surface area (TPSA) is 70.1 Å². The van der Waals surface area contributed by atoms with Crippen LogP contribution in [0.15, 0.2) is 46.9 Å². The number of benzene rings is 2. The van der Waals surface area contributed by atoms with Crippen molar-refractivity contribution in [1.29, 1.82) is 0 Å². The third kappa shape index (κ3) is 4.21. The summed E-state index contributed by atoms with van der Waals surface area (Å²) in [7, 11) is 1.57. The van der Waals surface area contributed by atoms with Gasteiger partial charge in [-0.05, 0) is 51.8 Å². The average molecular weight is 437 g/mol. The molecule has 2 aromatic carbocycles. The van der Waals surface area contributed by atoms with Crippen molar-refractivity contribution in [3.8, 4) is 5.75 Å². The number of nitrogens with zero attached hydrogens (tertiary/aromatic N) is 2. The van der Waals surface area contributed by atoms with Crippen LogP contribution in [0, 0.1) is 11.7 Å². The number of carbonyl (C=O) groups is 2. The fraction of sp³-hybridized carbons (Fsp3) is 0.263. The number of ether oxygens (including phenoxy) is 1. The molecule has 142 valence electrons. The molecule has 0 atom stereocenters. The molecule has 8 heteroatoms. The first-order chi connectivity index (χ1) is 12.9. The molecule has 0 unspecified atom stereocenters. The maximum absolute atomic E-state index is 13.8. The Hall–Kier alpha value is -2.61. The Morgan fingerprint density at radius 3 is 2.52 bits per heavy atom. The number of amides is 2. The van der Waals surface area contributed by atoms with E-state index in [2.05, 4.69) is 15.9 Å². The van der Waals surface area contributed by atoms with Crippen LogP contribution in [0.4, 0.5) is 14.9 Å². The molecule has 6 nitrogen and oxygen atoms in total. The number of hydrogen-bond donors (Lipinski definition) is 1. The van der Waals surface area contributed by atoms with E-state index in [4.69, 9.17) is 9.84 Å². The Morgan fingerprint density at radius 1 is 1.26 bits per heavy atom. The van der Waals surface area contributed by atoms with Crippen molar-refractivity contribution in [3.05, 3.63) is 58.3 Å². The first-order valence-electron chi connectivity index (χ1n) is 8.26. The van der Waals surface area contributed by atoms with Gasteiger partial charge in [0, 0.05) is 17.6 Å². The molecule has 0 bridgehead atoms. The van der Waals surface area contributed by atoms with Gasteiger partial charge in [-0.15, -0.1) is 0 Å². The van der Waals surface area contributed by atoms with Crippen LogP contribution in [0.5, 0.6) is 5.75 Å². The Bertz CT molecular complexity index is 853. The summed E-state index contributed by atoms with van der Waals surface area (Å²) in [4.78, 5) is 26.7. The highest BCUT2D eigenvalue weighted by molar-refractivity contribution is 9.10. The van der Waals surface area contributed by atoms with Crippen molar-refractivity contribution >= 4 is 33.6 Å². The van der Waals surface area contributed by atoms with E-state index < -0.39 is 17.8 Å². The lowest BCUT2D eigenvalue weighted by Crippen LogP contribution is -2.56. The van der Waals surface area contributed by atoms with Crippen molar-refractivity contribution in [2.75, 3.05) is 25.1 Å². The molecule has 1 heterocycles. The van der Waals surface area contributed by atoms with Crippen molar-refractivity contribution in [2.45, 2.75) is 6.54 Å². The van der Waals surface area contributed by atoms with Gasteiger partial charge in [0.25, 0.3) is 0 Å². The average Bonchev–Trinajstić information content (AvgIpc) is 2.60. The number of anilines is 1. The van der Waals surface area contributed by atoms with Gasteiger partial charge in [0.2, 0.25) is 5.91 Å². The second-order valence-corrected chi connectivity index (χ2v) is 7.11. The largest absolute Gasteiger partial charge is 0.497 e. The molecule has 1 aliphatic rings. The predicted molar refractivity (Wildman–Crippen MR) is 101 cm³/mol. The monoisotopic (exact) mass is 436 g/mol. The van der Waals surface area contributed by atoms with Crippen molar-refractivity contribution in [1.82, 2.24) is 4.90 Å². The van der Waals surface area contributed by atoms with Crippen LogP contribution in [0.3, 0.4) is 0 Å². The number of hydrogen-bond acceptors (Lipinski definition) is 3. The molecule has 0 saturated carbocycles. The SMILES string of the molecule is COc1ccc(CN(C(=O)C2CN(C(=O)O)C2)c2cc(F)ccc2Br)cc1. The van der Waals surface area contributed by atoms with Crippen LogP contribution < -0.4 is 9.64 Å². The van der Waals surface area contributed by atoms with Gasteiger partial charge in [0.15, 0.2) is 0 Å². The van der Waals surface area contributed by atoms with Crippen LogP contribution in [0.2, 0.25) is 0 Å². The fourth-order valence-electron chi connectivity index (χ4n) is 2.90. The van der Waals surface area contributed by atoms with Gasteiger partial charge >= 0.3 is 6.09 Å². The molecule has 2 amide bonds. The summed E-state index contributed by atoms with van der Waals surface area (Å²) in [5.41, 5.74) is 1.25. The summed E-state index contributed by atoms with van der Waals surface area (Å²) < 4.78 is 19.5. The zero-order valence-electron chi connectivity index (χ0n) is 14.6. The molecule has 27 heavy (non-hydrogen) atoms. The van der Waals surface area contributed by atoms with Gasteiger partial charge in [-0.3, -0.25) is 4.79 Å². The Kier molecular flexibility index (Phi) is 5.65. The van der Waals surface area contributed by atoms with E-state index in [0.29, 0.717) is 15.9 Å². The highest BCUT2D eigenvalue weighted by Gasteiger charge is 2.38. The highest BCUT2D eigenvalue weighted by Crippen LogP contribution is 2.31. The first-order valence-corrected chi connectivity index (χ1v) is 9.05. The van der Waals surface area contributed by atoms with Gasteiger partial charge in [-0.25, -0.2) is 9.18 Å². The highest BCUT2D eigenvalue weighted by atomic mass is 79.9. The molecule has 0 radical (unpaired) electrons. The smallest absolute Gasteiger partial charge is 0.407 e. The zero-order chi connectivity index (χ0) is 19.6. The molecular formula is C19H18BrFN2O4. The van der Waals surface area contributed by atoms with Crippen LogP contribution in [-0.2, 0) is 11.3 Å². The van der Waals surface area contributed by atoms with Crippen LogP contribution >= 0.6 is 15.9 Å². The molecule has 1 fully saturated rings. The van der Waals surface area contributed by atoms with Crippen molar-refractivity contribution in [3.63, 3.8) is 0 Å². The van der Waals surface area contributed by atoms with E-state index in [1.165, 1.54) is 21.9 Å². The normalized spacial score (nSPS) is 13.8. The Labute approximate surface area is 164 Å². The summed E-state index contributed by atoms with van der Waals surface area (Å²) in [6.07, 6.45) is -1.05. The lowest BCUT2D eigenvalue weighted by molar-refractivity contribution is -0.126. The first kappa shape index (κ1) is 19.2. The molecule has 1 aliphatic heterocycles. The maximum atomic E-state index is 13.8. The van der Waals surface area contributed by atoms with E-state index in [1.54, 1.807) is 25.3 Å². The van der Waals surface area contributed by atoms with Crippen LogP contribution in [-0.4, -0.2) is 42.2 Å². The van der Waals surface area contributed by atoms with E-state index in [0.717, 1.165) is 5.56 Å². The minimum Gasteiger partial charge on any atom is -0.497 e. The second kappa shape index (κ2) is 7.96. The summed E-state index contributed by atoms with van der Waals surface area (Å²) in [6.45, 7) is 0.509. The molecule has 3 rings (SSSR count). The van der Waals surface area contributed by atoms with Gasteiger partial charge in [0.05, 0.1) is 25.3 Å². The number of methoxy groups -OCH3 is 1. The van der Waals surface area contributed by atoms with Crippen molar-refractivity contribution in [2.24, 2.45) is 5.92 Å². The van der Waals surface area contributed by atoms with Gasteiger partial charge in [0.1, 0.15) is 11.6 Å². The van der Waals surface area contributed by atoms with E-state index in [1.807, 2.05) is 12.1 Å².